The van der Waals surface area contributed by atoms with Gasteiger partial charge in [0.2, 0.25) is 0 Å². The summed E-state index contributed by atoms with van der Waals surface area (Å²) in [6, 6.07) is 25.3. The first-order chi connectivity index (χ1) is 13.9. The minimum absolute atomic E-state index is 0.0980. The van der Waals surface area contributed by atoms with E-state index in [9.17, 15) is 5.11 Å². The van der Waals surface area contributed by atoms with Crippen molar-refractivity contribution in [3.05, 3.63) is 95.1 Å². The second-order valence-corrected chi connectivity index (χ2v) is 10.1. The van der Waals surface area contributed by atoms with Crippen molar-refractivity contribution in [2.45, 2.75) is 38.4 Å². The van der Waals surface area contributed by atoms with Crippen LogP contribution in [0.15, 0.2) is 72.8 Å². The third kappa shape index (κ3) is 5.26. The second-order valence-electron chi connectivity index (χ2n) is 8.18. The molecule has 0 saturated heterocycles. The van der Waals surface area contributed by atoms with Crippen molar-refractivity contribution in [1.82, 2.24) is 4.90 Å². The molecule has 0 fully saturated rings. The van der Waals surface area contributed by atoms with E-state index >= 15 is 0 Å². The smallest absolute Gasteiger partial charge is 0.123 e. The molecular weight excluding hydrogens is 373 g/mol. The van der Waals surface area contributed by atoms with E-state index in [0.717, 1.165) is 30.5 Å². The van der Waals surface area contributed by atoms with E-state index in [2.05, 4.69) is 93.5 Å². The van der Waals surface area contributed by atoms with E-state index in [1.165, 1.54) is 16.4 Å². The van der Waals surface area contributed by atoms with Crippen LogP contribution in [-0.2, 0) is 18.1 Å². The molecule has 3 rings (SSSR count). The van der Waals surface area contributed by atoms with E-state index in [1.54, 1.807) is 0 Å². The number of hydrogen-bond acceptors (Lipinski definition) is 2. The molecule has 3 heteroatoms. The summed E-state index contributed by atoms with van der Waals surface area (Å²) in [5.41, 5.74) is 4.65. The van der Waals surface area contributed by atoms with E-state index in [-0.39, 0.29) is 5.16 Å². The molecule has 29 heavy (non-hydrogen) atoms. The molecule has 2 atom stereocenters. The van der Waals surface area contributed by atoms with E-state index < -0.39 is 0 Å². The maximum absolute atomic E-state index is 11.2. The Bertz CT molecular complexity index is 938. The summed E-state index contributed by atoms with van der Waals surface area (Å²) in [5, 5.41) is 12.5. The Balaban J connectivity index is 1.94. The van der Waals surface area contributed by atoms with E-state index in [1.807, 2.05) is 12.1 Å². The van der Waals surface area contributed by atoms with Crippen LogP contribution in [0.25, 0.3) is 0 Å². The topological polar surface area (TPSA) is 23.5 Å². The molecule has 0 aromatic heterocycles. The first-order valence-corrected chi connectivity index (χ1v) is 11.3. The molecule has 0 spiro atoms. The number of benzene rings is 3. The monoisotopic (exact) mass is 405 g/mol. The van der Waals surface area contributed by atoms with Crippen LogP contribution in [0.1, 0.15) is 42.5 Å². The Hall–Kier alpha value is -2.15. The van der Waals surface area contributed by atoms with Gasteiger partial charge in [-0.2, -0.15) is 0 Å². The van der Waals surface area contributed by atoms with Gasteiger partial charge in [-0.05, 0) is 42.5 Å². The largest absolute Gasteiger partial charge is 0.507 e. The fraction of sp³-hybridized carbons (Fsp3) is 0.308. The van der Waals surface area contributed by atoms with Gasteiger partial charge in [-0.25, -0.2) is 0 Å². The Labute approximate surface area is 177 Å². The van der Waals surface area contributed by atoms with Crippen molar-refractivity contribution < 1.29 is 5.11 Å². The first-order valence-electron chi connectivity index (χ1n) is 10.3. The van der Waals surface area contributed by atoms with Crippen molar-refractivity contribution in [1.29, 1.82) is 0 Å². The van der Waals surface area contributed by atoms with Crippen LogP contribution in [0.5, 0.6) is 5.75 Å². The van der Waals surface area contributed by atoms with Crippen molar-refractivity contribution in [2.24, 2.45) is 0 Å². The van der Waals surface area contributed by atoms with Crippen LogP contribution in [-0.4, -0.2) is 24.1 Å². The molecule has 152 valence electrons. The van der Waals surface area contributed by atoms with Crippen molar-refractivity contribution >= 4 is 13.9 Å². The third-order valence-electron chi connectivity index (χ3n) is 5.57. The molecule has 0 aliphatic heterocycles. The van der Waals surface area contributed by atoms with Gasteiger partial charge in [-0.15, -0.1) is 0 Å². The van der Waals surface area contributed by atoms with Gasteiger partial charge >= 0.3 is 0 Å². The molecule has 2 nitrogen and oxygen atoms in total. The number of rotatable bonds is 8. The standard InChI is InChI=1S/C26H32NOP/c1-5-26(2,29-24-17-10-9-14-22(24)19-27(3)4)23-16-11-15-21(25(23)28)18-20-12-7-6-8-13-20/h6-17,28-29H,5,18-19H2,1-4H3. The highest BCUT2D eigenvalue weighted by atomic mass is 31.1. The molecule has 0 radical (unpaired) electrons. The number of nitrogens with zero attached hydrogens (tertiary/aromatic N) is 1. The van der Waals surface area contributed by atoms with Gasteiger partial charge in [-0.3, -0.25) is 0 Å². The number of aromatic hydroxyl groups is 1. The summed E-state index contributed by atoms with van der Waals surface area (Å²) in [6.45, 7) is 5.45. The Kier molecular flexibility index (Phi) is 7.11. The summed E-state index contributed by atoms with van der Waals surface area (Å²) in [7, 11) is 4.82. The predicted octanol–water partition coefficient (Wildman–Crippen LogP) is 5.67. The highest BCUT2D eigenvalue weighted by Crippen LogP contribution is 2.48. The zero-order valence-corrected chi connectivity index (χ0v) is 18.9. The molecule has 1 N–H and O–H groups in total. The Morgan fingerprint density at radius 3 is 2.21 bits per heavy atom. The lowest BCUT2D eigenvalue weighted by Gasteiger charge is -2.31. The minimum Gasteiger partial charge on any atom is -0.507 e. The van der Waals surface area contributed by atoms with Gasteiger partial charge in [0.15, 0.2) is 0 Å². The lowest BCUT2D eigenvalue weighted by Crippen LogP contribution is -2.22. The maximum atomic E-state index is 11.2. The average molecular weight is 406 g/mol. The van der Waals surface area contributed by atoms with Crippen LogP contribution in [0.3, 0.4) is 0 Å². The highest BCUT2D eigenvalue weighted by molar-refractivity contribution is 7.48. The number of phenols is 1. The van der Waals surface area contributed by atoms with Crippen molar-refractivity contribution in [2.75, 3.05) is 14.1 Å². The molecule has 0 aliphatic rings. The van der Waals surface area contributed by atoms with Crippen LogP contribution >= 0.6 is 8.58 Å². The number of hydrogen-bond donors (Lipinski definition) is 1. The maximum Gasteiger partial charge on any atom is 0.123 e. The summed E-state index contributed by atoms with van der Waals surface area (Å²) < 4.78 is 0. The van der Waals surface area contributed by atoms with Gasteiger partial charge in [0.05, 0.1) is 0 Å². The summed E-state index contributed by atoms with van der Waals surface area (Å²) in [4.78, 5) is 2.21. The molecule has 0 saturated carbocycles. The van der Waals surface area contributed by atoms with E-state index in [0.29, 0.717) is 14.3 Å². The molecule has 2 unspecified atom stereocenters. The minimum atomic E-state index is -0.0980. The lowest BCUT2D eigenvalue weighted by atomic mass is 9.92. The van der Waals surface area contributed by atoms with Gasteiger partial charge in [0.1, 0.15) is 5.75 Å². The van der Waals surface area contributed by atoms with Gasteiger partial charge in [0.25, 0.3) is 0 Å². The first kappa shape index (κ1) is 21.6. The van der Waals surface area contributed by atoms with Crippen molar-refractivity contribution in [3.8, 4) is 5.75 Å². The fourth-order valence-electron chi connectivity index (χ4n) is 3.76. The lowest BCUT2D eigenvalue weighted by molar-refractivity contribution is 0.403. The molecule has 0 bridgehead atoms. The molecule has 0 amide bonds. The van der Waals surface area contributed by atoms with Gasteiger partial charge in [-0.1, -0.05) is 95.2 Å². The fourth-order valence-corrected chi connectivity index (χ4v) is 5.37. The Morgan fingerprint density at radius 2 is 1.52 bits per heavy atom. The van der Waals surface area contributed by atoms with Gasteiger partial charge in [0, 0.05) is 23.7 Å². The van der Waals surface area contributed by atoms with Crippen LogP contribution in [0, 0.1) is 0 Å². The molecule has 0 aliphatic carbocycles. The highest BCUT2D eigenvalue weighted by Gasteiger charge is 2.29. The molecule has 0 heterocycles. The van der Waals surface area contributed by atoms with Crippen LogP contribution in [0.4, 0.5) is 0 Å². The quantitative estimate of drug-likeness (QED) is 0.488. The zero-order chi connectivity index (χ0) is 20.9. The third-order valence-corrected chi connectivity index (χ3v) is 7.50. The number of para-hydroxylation sites is 1. The Morgan fingerprint density at radius 1 is 0.862 bits per heavy atom. The predicted molar refractivity (Wildman–Crippen MR) is 127 cm³/mol. The van der Waals surface area contributed by atoms with E-state index in [4.69, 9.17) is 0 Å². The average Bonchev–Trinajstić information content (AvgIpc) is 2.71. The summed E-state index contributed by atoms with van der Waals surface area (Å²) >= 11 is 0. The van der Waals surface area contributed by atoms with Crippen LogP contribution in [0.2, 0.25) is 0 Å². The second kappa shape index (κ2) is 9.57. The summed E-state index contributed by atoms with van der Waals surface area (Å²) in [6.07, 6.45) is 1.73. The zero-order valence-electron chi connectivity index (χ0n) is 17.9. The number of phenolic OH excluding ortho intramolecular Hbond substituents is 1. The molecule has 3 aromatic carbocycles. The van der Waals surface area contributed by atoms with Gasteiger partial charge < -0.3 is 10.0 Å². The summed E-state index contributed by atoms with van der Waals surface area (Å²) in [5.74, 6) is 0.457. The van der Waals surface area contributed by atoms with Crippen molar-refractivity contribution in [3.63, 3.8) is 0 Å². The molecular formula is C26H32NOP. The normalized spacial score (nSPS) is 13.8. The SMILES string of the molecule is CCC(C)(Pc1ccccc1CN(C)C)c1cccc(Cc2ccccc2)c1O. The molecule has 3 aromatic rings. The van der Waals surface area contributed by atoms with Crippen LogP contribution < -0.4 is 5.30 Å².